The van der Waals surface area contributed by atoms with Crippen LogP contribution in [0, 0.1) is 11.8 Å². The van der Waals surface area contributed by atoms with Crippen LogP contribution in [0.15, 0.2) is 62.5 Å². The van der Waals surface area contributed by atoms with Crippen molar-refractivity contribution in [3.63, 3.8) is 0 Å². The number of hydrogen-bond donors (Lipinski definition) is 4. The van der Waals surface area contributed by atoms with Gasteiger partial charge in [0.2, 0.25) is 59.3 Å². The Morgan fingerprint density at radius 2 is 0.625 bits per heavy atom. The van der Waals surface area contributed by atoms with Crippen molar-refractivity contribution in [3.05, 3.63) is 62.5 Å². The van der Waals surface area contributed by atoms with Gasteiger partial charge >= 0.3 is 0 Å². The van der Waals surface area contributed by atoms with E-state index in [-0.39, 0.29) is 35.9 Å². The van der Waals surface area contributed by atoms with E-state index in [0.29, 0.717) is 189 Å². The summed E-state index contributed by atoms with van der Waals surface area (Å²) in [5, 5.41) is 0. The fourth-order valence-electron chi connectivity index (χ4n) is 13.8. The summed E-state index contributed by atoms with van der Waals surface area (Å²) in [6.07, 6.45) is 22.2. The molecule has 40 nitrogen and oxygen atoms in total. The monoisotopic (exact) mass is 1530 g/mol. The molecule has 4 saturated heterocycles. The summed E-state index contributed by atoms with van der Waals surface area (Å²) in [6.45, 7) is 20.8. The average Bonchev–Trinajstić information content (AvgIpc) is 1.58. The summed E-state index contributed by atoms with van der Waals surface area (Å²) < 4.78 is 51.7. The summed E-state index contributed by atoms with van der Waals surface area (Å²) in [5.74, 6) is 5.41. The first-order valence-corrected chi connectivity index (χ1v) is 37.4. The fraction of sp³-hybridized carbons (Fsp3) is 0.500. The quantitative estimate of drug-likeness (QED) is 0.0763. The van der Waals surface area contributed by atoms with Crippen LogP contribution in [0.3, 0.4) is 0 Å². The van der Waals surface area contributed by atoms with Gasteiger partial charge in [-0.25, -0.2) is 69.8 Å². The Kier molecular flexibility index (Phi) is 22.9. The Hall–Kier alpha value is -11.7. The number of anilines is 8. The molecule has 0 radical (unpaired) electrons. The van der Waals surface area contributed by atoms with Crippen molar-refractivity contribution < 1.29 is 37.9 Å². The van der Waals surface area contributed by atoms with Crippen molar-refractivity contribution in [2.24, 2.45) is 11.8 Å². The van der Waals surface area contributed by atoms with Gasteiger partial charge in [0.05, 0.1) is 129 Å². The molecular weight excluding hydrogens is 1440 g/mol. The second kappa shape index (κ2) is 33.9. The first-order valence-electron chi connectivity index (χ1n) is 37.4. The van der Waals surface area contributed by atoms with Gasteiger partial charge in [-0.15, -0.1) is 0 Å². The third-order valence-electron chi connectivity index (χ3n) is 20.4. The molecular formula is C72H92N32O8. The van der Waals surface area contributed by atoms with Gasteiger partial charge in [0.15, 0.2) is 22.6 Å². The van der Waals surface area contributed by atoms with Crippen molar-refractivity contribution in [3.8, 4) is 56.8 Å². The number of ether oxygens (including phenoxy) is 8. The van der Waals surface area contributed by atoms with Crippen LogP contribution in [0.5, 0.6) is 11.8 Å². The zero-order valence-corrected chi connectivity index (χ0v) is 63.9. The van der Waals surface area contributed by atoms with Crippen molar-refractivity contribution in [2.45, 2.75) is 77.5 Å². The SMILES string of the molecule is CC(C1CC1)n1cnc2c(-c3cnc(N)nc3)nc(N3CCOCC3)nc21.COCC(C)n1cnc2c(-c3cnc(N)nc3)nc(N3CCOCC3)nc21.COCC(C)n1cnc2c(-c3cnc(N)nc3OC)nc(N3CCOCC3)nc21.COc1nc(N)ncc1-c1nc(N2CCOCC2)nc2c1ncn2C(C)C1CC1. The maximum atomic E-state index is 5.75. The second-order valence-electron chi connectivity index (χ2n) is 27.9. The first kappa shape index (κ1) is 75.7. The van der Waals surface area contributed by atoms with E-state index in [0.717, 1.165) is 78.5 Å². The highest BCUT2D eigenvalue weighted by molar-refractivity contribution is 5.92. The number of nitrogens with zero attached hydrogens (tertiary/aromatic N) is 28. The van der Waals surface area contributed by atoms with E-state index in [1.807, 2.05) is 28.7 Å². The Labute approximate surface area is 643 Å². The molecule has 12 aromatic rings. The molecule has 4 aliphatic heterocycles. The van der Waals surface area contributed by atoms with Gasteiger partial charge in [-0.05, 0) is 65.2 Å². The predicted molar refractivity (Wildman–Crippen MR) is 416 cm³/mol. The van der Waals surface area contributed by atoms with Crippen LogP contribution in [0.1, 0.15) is 77.5 Å². The smallest absolute Gasteiger partial charge is 0.228 e. The molecule has 2 aliphatic carbocycles. The minimum atomic E-state index is 0.0508. The van der Waals surface area contributed by atoms with Gasteiger partial charge in [-0.1, -0.05) is 0 Å². The number of methoxy groups -OCH3 is 4. The second-order valence-corrected chi connectivity index (χ2v) is 27.9. The molecule has 6 aliphatic rings. The first-order chi connectivity index (χ1) is 54.6. The average molecular weight is 1530 g/mol. The van der Waals surface area contributed by atoms with Gasteiger partial charge in [0.25, 0.3) is 0 Å². The van der Waals surface area contributed by atoms with E-state index in [4.69, 9.17) is 101 Å². The zero-order valence-electron chi connectivity index (χ0n) is 63.9. The molecule has 40 heteroatoms. The van der Waals surface area contributed by atoms with E-state index < -0.39 is 0 Å². The third-order valence-corrected chi connectivity index (χ3v) is 20.4. The lowest BCUT2D eigenvalue weighted by Gasteiger charge is -2.27. The highest BCUT2D eigenvalue weighted by atomic mass is 16.5. The number of fused-ring (bicyclic) bond motifs is 4. The lowest BCUT2D eigenvalue weighted by Crippen LogP contribution is -2.37. The van der Waals surface area contributed by atoms with Gasteiger partial charge in [0, 0.05) is 127 Å². The van der Waals surface area contributed by atoms with Crippen LogP contribution < -0.4 is 52.0 Å². The molecule has 4 atom stereocenters. The van der Waals surface area contributed by atoms with Crippen LogP contribution >= 0.6 is 0 Å². The molecule has 2 saturated carbocycles. The van der Waals surface area contributed by atoms with Gasteiger partial charge in [0.1, 0.15) is 44.8 Å². The molecule has 588 valence electrons. The van der Waals surface area contributed by atoms with Crippen LogP contribution in [-0.4, -0.2) is 265 Å². The Morgan fingerprint density at radius 3 is 0.920 bits per heavy atom. The highest BCUT2D eigenvalue weighted by Crippen LogP contribution is 2.44. The standard InChI is InChI=1S/C19H24N8O2.C18H24N8O3.C18H22N8O.C17H22N8O2/c1-11(12-3-4-12)27-10-22-15-14(13-9-21-18(20)25-17(13)28-2)23-19(24-16(15)27)26-5-7-29-8-6-26;1-11(9-27-2)26-10-21-14-13(12-8-20-17(19)24-16(12)28-3)22-18(23-15(14)26)25-4-6-29-7-5-25;1-11(12-2-3-12)26-10-22-15-14(13-8-20-17(19)21-9-13)23-18(24-16(15)26)25-4-6-27-7-5-25;1-11(9-26-2)25-10-21-14-13(12-7-19-16(18)20-8-12)22-17(23-15(14)25)24-3-5-27-6-4-24/h9-12H,3-8H2,1-2H3,(H2,20,21,25);8,10-11H,4-7,9H2,1-3H3,(H2,19,20,24);8-12H,2-7H2,1H3,(H2,19,20,21);7-8,10-11H,3-6,9H2,1-2H3,(H2,18,19,20). The lowest BCUT2D eigenvalue weighted by atomic mass is 10.2. The number of nitrogen functional groups attached to an aromatic ring is 4. The van der Waals surface area contributed by atoms with E-state index in [9.17, 15) is 0 Å². The van der Waals surface area contributed by atoms with E-state index >= 15 is 0 Å². The molecule has 0 aromatic carbocycles. The number of morpholine rings is 4. The summed E-state index contributed by atoms with van der Waals surface area (Å²) in [6, 6.07) is 0.848. The number of nitrogens with two attached hydrogens (primary N) is 4. The van der Waals surface area contributed by atoms with Gasteiger partial charge < -0.3 is 98.7 Å². The van der Waals surface area contributed by atoms with Crippen molar-refractivity contribution >= 4 is 92.2 Å². The molecule has 6 fully saturated rings. The number of imidazole rings is 4. The summed E-state index contributed by atoms with van der Waals surface area (Å²) in [4.78, 5) is 98.7. The van der Waals surface area contributed by atoms with Crippen molar-refractivity contribution in [1.82, 2.24) is 118 Å². The number of aromatic nitrogens is 24. The Balaban J connectivity index is 0.000000118. The molecule has 18 rings (SSSR count). The van der Waals surface area contributed by atoms with Crippen molar-refractivity contribution in [1.29, 1.82) is 0 Å². The van der Waals surface area contributed by atoms with E-state index in [1.54, 1.807) is 71.2 Å². The molecule has 4 unspecified atom stereocenters. The highest BCUT2D eigenvalue weighted by Gasteiger charge is 2.34. The van der Waals surface area contributed by atoms with Gasteiger partial charge in [-0.2, -0.15) is 29.9 Å². The van der Waals surface area contributed by atoms with E-state index in [2.05, 4.69) is 109 Å². The maximum Gasteiger partial charge on any atom is 0.228 e. The Bertz CT molecular complexity index is 5210. The fourth-order valence-corrected chi connectivity index (χ4v) is 13.8. The lowest BCUT2D eigenvalue weighted by molar-refractivity contribution is 0.122. The van der Waals surface area contributed by atoms with Crippen LogP contribution in [0.25, 0.3) is 89.7 Å². The summed E-state index contributed by atoms with van der Waals surface area (Å²) >= 11 is 0. The largest absolute Gasteiger partial charge is 0.480 e. The Morgan fingerprint density at radius 1 is 0.348 bits per heavy atom. The molecule has 8 N–H and O–H groups in total. The predicted octanol–water partition coefficient (Wildman–Crippen LogP) is 5.18. The molecule has 0 amide bonds. The van der Waals surface area contributed by atoms with E-state index in [1.165, 1.54) is 32.8 Å². The van der Waals surface area contributed by atoms with Crippen LogP contribution in [0.2, 0.25) is 0 Å². The summed E-state index contributed by atoms with van der Waals surface area (Å²) in [7, 11) is 6.44. The van der Waals surface area contributed by atoms with Crippen LogP contribution in [-0.2, 0) is 28.4 Å². The normalized spacial score (nSPS) is 17.1. The molecule has 0 spiro atoms. The molecule has 16 heterocycles. The minimum absolute atomic E-state index is 0.0508. The third kappa shape index (κ3) is 16.4. The topological polar surface area (TPSA) is 468 Å². The molecule has 112 heavy (non-hydrogen) atoms. The molecule has 12 aromatic heterocycles. The number of hydrogen-bond acceptors (Lipinski definition) is 36. The van der Waals surface area contributed by atoms with Crippen molar-refractivity contribution in [2.75, 3.05) is 189 Å². The number of rotatable bonds is 20. The van der Waals surface area contributed by atoms with Gasteiger partial charge in [-0.3, -0.25) is 0 Å². The zero-order chi connectivity index (χ0) is 77.5. The molecule has 0 bridgehead atoms. The minimum Gasteiger partial charge on any atom is -0.480 e. The summed E-state index contributed by atoms with van der Waals surface area (Å²) in [5.41, 5.74) is 34.2. The van der Waals surface area contributed by atoms with Crippen LogP contribution in [0.4, 0.5) is 47.6 Å². The maximum absolute atomic E-state index is 5.75.